The predicted octanol–water partition coefficient (Wildman–Crippen LogP) is 4.76. The molecule has 2 fully saturated rings. The number of aliphatic hydroxyl groups is 1. The maximum Gasteiger partial charge on any atom is 0.303 e. The van der Waals surface area contributed by atoms with E-state index in [4.69, 9.17) is 9.84 Å². The van der Waals surface area contributed by atoms with Crippen molar-refractivity contribution >= 4 is 5.97 Å². The molecule has 1 saturated carbocycles. The molecule has 1 aliphatic carbocycles. The number of carboxylic acid groups (broad SMARTS) is 1. The number of aliphatic carboxylic acids is 1. The second kappa shape index (κ2) is 10.8. The summed E-state index contributed by atoms with van der Waals surface area (Å²) in [6, 6.07) is 10.6. The van der Waals surface area contributed by atoms with Gasteiger partial charge in [0.25, 0.3) is 0 Å². The summed E-state index contributed by atoms with van der Waals surface area (Å²) in [5, 5.41) is 19.2. The van der Waals surface area contributed by atoms with E-state index in [1.165, 1.54) is 5.56 Å². The molecule has 0 aromatic heterocycles. The van der Waals surface area contributed by atoms with Crippen molar-refractivity contribution in [3.8, 4) is 0 Å². The van der Waals surface area contributed by atoms with Crippen LogP contribution in [-0.4, -0.2) is 34.5 Å². The van der Waals surface area contributed by atoms with Crippen molar-refractivity contribution in [1.82, 2.24) is 0 Å². The first-order valence-corrected chi connectivity index (χ1v) is 10.9. The van der Waals surface area contributed by atoms with Gasteiger partial charge in [-0.15, -0.1) is 0 Å². The van der Waals surface area contributed by atoms with Crippen LogP contribution < -0.4 is 0 Å². The van der Waals surface area contributed by atoms with Crippen molar-refractivity contribution in [2.45, 2.75) is 82.5 Å². The van der Waals surface area contributed by atoms with Crippen LogP contribution in [0.25, 0.3) is 0 Å². The summed E-state index contributed by atoms with van der Waals surface area (Å²) in [6.45, 7) is 0. The zero-order valence-corrected chi connectivity index (χ0v) is 16.7. The first kappa shape index (κ1) is 21.1. The molecule has 1 saturated heterocycles. The minimum absolute atomic E-state index is 0.207. The van der Waals surface area contributed by atoms with Gasteiger partial charge in [0.15, 0.2) is 0 Å². The maximum atomic E-state index is 10.5. The number of carbonyl (C=O) groups is 1. The summed E-state index contributed by atoms with van der Waals surface area (Å²) in [5.41, 5.74) is 1.37. The first-order valence-electron chi connectivity index (χ1n) is 10.9. The Hall–Kier alpha value is -1.65. The van der Waals surface area contributed by atoms with Gasteiger partial charge in [0.2, 0.25) is 0 Å². The van der Waals surface area contributed by atoms with E-state index < -0.39 is 5.97 Å². The number of aryl methyl sites for hydroxylation is 1. The number of carboxylic acids is 1. The summed E-state index contributed by atoms with van der Waals surface area (Å²) in [4.78, 5) is 10.5. The Morgan fingerprint density at radius 3 is 2.75 bits per heavy atom. The molecular formula is C24H34O4. The number of benzene rings is 1. The zero-order chi connectivity index (χ0) is 19.8. The molecule has 28 heavy (non-hydrogen) atoms. The standard InChI is InChI=1S/C24H34O4/c25-22-17-23-21(20(22)11-7-2-1-3-8-12-24(26)27)16-15-19(28-23)14-13-18-9-5-4-6-10-18/h2,4-7,9-10,19-23,25H,1,3,8,11-17H2,(H,26,27)/b7-2-/t19?,20-,21+,22-,23?/m0/s1. The van der Waals surface area contributed by atoms with Gasteiger partial charge in [-0.05, 0) is 68.8 Å². The fraction of sp³-hybridized carbons (Fsp3) is 0.625. The molecule has 5 atom stereocenters. The van der Waals surface area contributed by atoms with Crippen LogP contribution in [0.4, 0.5) is 0 Å². The molecule has 4 nitrogen and oxygen atoms in total. The maximum absolute atomic E-state index is 10.5. The van der Waals surface area contributed by atoms with E-state index in [1.54, 1.807) is 0 Å². The van der Waals surface area contributed by atoms with E-state index in [2.05, 4.69) is 42.5 Å². The van der Waals surface area contributed by atoms with Crippen molar-refractivity contribution < 1.29 is 19.7 Å². The molecule has 4 heteroatoms. The normalized spacial score (nSPS) is 29.8. The SMILES string of the molecule is O=C(O)CCCC/C=C\C[C@@H]1[C@@H](O)CC2OC(CCc3ccccc3)CC[C@@H]21. The van der Waals surface area contributed by atoms with Crippen LogP contribution in [0.15, 0.2) is 42.5 Å². The minimum atomic E-state index is -0.719. The van der Waals surface area contributed by atoms with Crippen LogP contribution in [0.2, 0.25) is 0 Å². The minimum Gasteiger partial charge on any atom is -0.481 e. The lowest BCUT2D eigenvalue weighted by Crippen LogP contribution is -2.34. The van der Waals surface area contributed by atoms with Crippen molar-refractivity contribution in [3.05, 3.63) is 48.0 Å². The van der Waals surface area contributed by atoms with Crippen LogP contribution >= 0.6 is 0 Å². The van der Waals surface area contributed by atoms with E-state index in [1.807, 2.05) is 0 Å². The van der Waals surface area contributed by atoms with Crippen molar-refractivity contribution in [2.24, 2.45) is 11.8 Å². The van der Waals surface area contributed by atoms with Gasteiger partial charge in [0.1, 0.15) is 0 Å². The Balaban J connectivity index is 1.39. The predicted molar refractivity (Wildman–Crippen MR) is 110 cm³/mol. The number of ether oxygens (including phenoxy) is 1. The van der Waals surface area contributed by atoms with Crippen molar-refractivity contribution in [1.29, 1.82) is 0 Å². The molecule has 2 unspecified atom stereocenters. The lowest BCUT2D eigenvalue weighted by Gasteiger charge is -2.34. The second-order valence-corrected chi connectivity index (χ2v) is 8.38. The summed E-state index contributed by atoms with van der Waals surface area (Å²) in [7, 11) is 0. The molecule has 1 heterocycles. The highest BCUT2D eigenvalue weighted by Gasteiger charge is 2.45. The molecule has 1 aromatic rings. The topological polar surface area (TPSA) is 66.8 Å². The summed E-state index contributed by atoms with van der Waals surface area (Å²) in [5.74, 6) is 0.0541. The summed E-state index contributed by atoms with van der Waals surface area (Å²) >= 11 is 0. The smallest absolute Gasteiger partial charge is 0.303 e. The number of fused-ring (bicyclic) bond motifs is 1. The molecule has 0 amide bonds. The van der Waals surface area contributed by atoms with E-state index >= 15 is 0 Å². The zero-order valence-electron chi connectivity index (χ0n) is 16.7. The molecule has 3 rings (SSSR count). The van der Waals surface area contributed by atoms with E-state index in [-0.39, 0.29) is 18.6 Å². The number of hydrogen-bond donors (Lipinski definition) is 2. The van der Waals surface area contributed by atoms with Crippen LogP contribution in [0.3, 0.4) is 0 Å². The average Bonchev–Trinajstić information content (AvgIpc) is 3.00. The van der Waals surface area contributed by atoms with E-state index in [0.29, 0.717) is 17.9 Å². The molecular weight excluding hydrogens is 352 g/mol. The Bertz CT molecular complexity index is 627. The van der Waals surface area contributed by atoms with Gasteiger partial charge in [-0.25, -0.2) is 0 Å². The van der Waals surface area contributed by atoms with E-state index in [9.17, 15) is 9.90 Å². The largest absolute Gasteiger partial charge is 0.481 e. The molecule has 0 spiro atoms. The lowest BCUT2D eigenvalue weighted by molar-refractivity contribution is -0.137. The molecule has 2 aliphatic rings. The lowest BCUT2D eigenvalue weighted by atomic mass is 9.83. The van der Waals surface area contributed by atoms with Gasteiger partial charge in [-0.1, -0.05) is 42.5 Å². The summed E-state index contributed by atoms with van der Waals surface area (Å²) in [6.07, 6.45) is 13.4. The number of rotatable bonds is 10. The highest BCUT2D eigenvalue weighted by Crippen LogP contribution is 2.44. The Morgan fingerprint density at radius 1 is 1.14 bits per heavy atom. The first-order chi connectivity index (χ1) is 13.6. The number of allylic oxidation sites excluding steroid dienone is 2. The summed E-state index contributed by atoms with van der Waals surface area (Å²) < 4.78 is 6.37. The monoisotopic (exact) mass is 386 g/mol. The van der Waals surface area contributed by atoms with E-state index in [0.717, 1.165) is 57.8 Å². The van der Waals surface area contributed by atoms with Crippen LogP contribution in [0, 0.1) is 11.8 Å². The van der Waals surface area contributed by atoms with Gasteiger partial charge in [-0.2, -0.15) is 0 Å². The molecule has 0 radical (unpaired) electrons. The molecule has 0 bridgehead atoms. The average molecular weight is 387 g/mol. The molecule has 1 aromatic carbocycles. The Morgan fingerprint density at radius 2 is 1.96 bits per heavy atom. The molecule has 1 aliphatic heterocycles. The fourth-order valence-corrected chi connectivity index (χ4v) is 4.82. The third-order valence-electron chi connectivity index (χ3n) is 6.37. The second-order valence-electron chi connectivity index (χ2n) is 8.38. The number of aliphatic hydroxyl groups excluding tert-OH is 1. The van der Waals surface area contributed by atoms with Crippen molar-refractivity contribution in [3.63, 3.8) is 0 Å². The molecule has 2 N–H and O–H groups in total. The van der Waals surface area contributed by atoms with Gasteiger partial charge < -0.3 is 14.9 Å². The number of unbranched alkanes of at least 4 members (excludes halogenated alkanes) is 2. The number of hydrogen-bond acceptors (Lipinski definition) is 3. The Kier molecular flexibility index (Phi) is 8.11. The van der Waals surface area contributed by atoms with Crippen LogP contribution in [0.5, 0.6) is 0 Å². The van der Waals surface area contributed by atoms with Crippen LogP contribution in [0.1, 0.15) is 63.4 Å². The Labute approximate surface area is 168 Å². The van der Waals surface area contributed by atoms with Gasteiger partial charge in [-0.3, -0.25) is 4.79 Å². The van der Waals surface area contributed by atoms with Gasteiger partial charge in [0.05, 0.1) is 18.3 Å². The quantitative estimate of drug-likeness (QED) is 0.450. The highest BCUT2D eigenvalue weighted by atomic mass is 16.5. The van der Waals surface area contributed by atoms with Gasteiger partial charge in [0, 0.05) is 12.8 Å². The fourth-order valence-electron chi connectivity index (χ4n) is 4.82. The third kappa shape index (κ3) is 6.18. The molecule has 154 valence electrons. The van der Waals surface area contributed by atoms with Crippen molar-refractivity contribution in [2.75, 3.05) is 0 Å². The highest BCUT2D eigenvalue weighted by molar-refractivity contribution is 5.66. The third-order valence-corrected chi connectivity index (χ3v) is 6.37. The van der Waals surface area contributed by atoms with Gasteiger partial charge >= 0.3 is 5.97 Å². The van der Waals surface area contributed by atoms with Crippen LogP contribution in [-0.2, 0) is 16.0 Å².